The maximum atomic E-state index is 14.5. The van der Waals surface area contributed by atoms with Gasteiger partial charge in [0, 0.05) is 18.5 Å². The third kappa shape index (κ3) is 8.32. The van der Waals surface area contributed by atoms with Gasteiger partial charge >= 0.3 is 0 Å². The fourth-order valence-corrected chi connectivity index (χ4v) is 6.25. The number of nitrogens with one attached hydrogen (secondary N) is 1. The lowest BCUT2D eigenvalue weighted by Crippen LogP contribution is -2.56. The molecular formula is C35H38FN3O4S. The van der Waals surface area contributed by atoms with E-state index in [1.807, 2.05) is 82.3 Å². The number of nitrogens with zero attached hydrogens (tertiary/aromatic N) is 2. The number of hydrogen-bond donors (Lipinski definition) is 1. The molecule has 0 aromatic heterocycles. The van der Waals surface area contributed by atoms with E-state index in [0.29, 0.717) is 0 Å². The van der Waals surface area contributed by atoms with Gasteiger partial charge in [-0.2, -0.15) is 0 Å². The van der Waals surface area contributed by atoms with E-state index < -0.39 is 39.9 Å². The molecular weight excluding hydrogens is 577 g/mol. The van der Waals surface area contributed by atoms with Crippen molar-refractivity contribution >= 4 is 27.5 Å². The van der Waals surface area contributed by atoms with E-state index >= 15 is 0 Å². The van der Waals surface area contributed by atoms with E-state index in [4.69, 9.17) is 0 Å². The molecule has 0 spiro atoms. The van der Waals surface area contributed by atoms with Crippen molar-refractivity contribution in [2.45, 2.75) is 57.1 Å². The Labute approximate surface area is 259 Å². The van der Waals surface area contributed by atoms with E-state index in [0.717, 1.165) is 33.1 Å². The Bertz CT molecular complexity index is 1670. The van der Waals surface area contributed by atoms with Crippen molar-refractivity contribution < 1.29 is 22.4 Å². The second kappa shape index (κ2) is 13.9. The van der Waals surface area contributed by atoms with Crippen molar-refractivity contribution in [1.29, 1.82) is 0 Å². The Hall–Kier alpha value is -4.50. The number of benzene rings is 4. The van der Waals surface area contributed by atoms with Crippen molar-refractivity contribution in [3.63, 3.8) is 0 Å². The number of carbonyl (C=O) groups excluding carboxylic acids is 2. The van der Waals surface area contributed by atoms with Crippen LogP contribution in [0.2, 0.25) is 0 Å². The molecule has 4 aromatic rings. The number of carbonyl (C=O) groups is 2. The molecule has 230 valence electrons. The lowest BCUT2D eigenvalue weighted by molar-refractivity contribution is -0.140. The number of rotatable bonds is 11. The number of halogens is 1. The zero-order valence-electron chi connectivity index (χ0n) is 25.4. The fraction of sp³-hybridized carbons (Fsp3) is 0.257. The van der Waals surface area contributed by atoms with Crippen molar-refractivity contribution in [3.05, 3.63) is 132 Å². The Morgan fingerprint density at radius 3 is 1.98 bits per heavy atom. The van der Waals surface area contributed by atoms with Crippen LogP contribution in [-0.2, 0) is 32.6 Å². The highest BCUT2D eigenvalue weighted by Crippen LogP contribution is 2.25. The van der Waals surface area contributed by atoms with Gasteiger partial charge in [0.15, 0.2) is 0 Å². The molecule has 2 amide bonds. The molecule has 1 atom stereocenters. The van der Waals surface area contributed by atoms with Crippen molar-refractivity contribution in [3.8, 4) is 0 Å². The number of amides is 2. The van der Waals surface area contributed by atoms with Crippen molar-refractivity contribution in [2.75, 3.05) is 10.8 Å². The number of hydrogen-bond acceptors (Lipinski definition) is 4. The molecule has 1 unspecified atom stereocenters. The monoisotopic (exact) mass is 615 g/mol. The maximum absolute atomic E-state index is 14.5. The molecule has 0 saturated carbocycles. The molecule has 0 bridgehead atoms. The number of para-hydroxylation sites is 1. The second-order valence-electron chi connectivity index (χ2n) is 11.7. The van der Waals surface area contributed by atoms with Gasteiger partial charge in [-0.15, -0.1) is 0 Å². The molecule has 0 aliphatic carbocycles. The maximum Gasteiger partial charge on any atom is 0.264 e. The lowest BCUT2D eigenvalue weighted by atomic mass is 10.00. The summed E-state index contributed by atoms with van der Waals surface area (Å²) in [4.78, 5) is 29.7. The minimum atomic E-state index is -4.30. The van der Waals surface area contributed by atoms with Crippen molar-refractivity contribution in [1.82, 2.24) is 10.2 Å². The van der Waals surface area contributed by atoms with Crippen LogP contribution in [0.1, 0.15) is 37.5 Å². The molecule has 0 aliphatic heterocycles. The van der Waals surface area contributed by atoms with Crippen LogP contribution in [-0.4, -0.2) is 43.3 Å². The molecule has 0 fully saturated rings. The summed E-state index contributed by atoms with van der Waals surface area (Å²) >= 11 is 0. The van der Waals surface area contributed by atoms with Gasteiger partial charge in [0.1, 0.15) is 18.4 Å². The van der Waals surface area contributed by atoms with E-state index in [1.54, 1.807) is 30.3 Å². The minimum absolute atomic E-state index is 0.0831. The molecule has 44 heavy (non-hydrogen) atoms. The number of anilines is 1. The first-order chi connectivity index (χ1) is 20.8. The lowest BCUT2D eigenvalue weighted by Gasteiger charge is -2.35. The normalized spacial score (nSPS) is 12.3. The van der Waals surface area contributed by atoms with Crippen molar-refractivity contribution in [2.24, 2.45) is 0 Å². The third-order valence-electron chi connectivity index (χ3n) is 7.10. The highest BCUT2D eigenvalue weighted by molar-refractivity contribution is 7.92. The summed E-state index contributed by atoms with van der Waals surface area (Å²) in [6.45, 7) is 7.03. The van der Waals surface area contributed by atoms with Gasteiger partial charge in [0.05, 0.1) is 10.6 Å². The zero-order valence-corrected chi connectivity index (χ0v) is 26.2. The van der Waals surface area contributed by atoms with E-state index in [2.05, 4.69) is 5.32 Å². The Morgan fingerprint density at radius 2 is 1.39 bits per heavy atom. The molecule has 4 aromatic carbocycles. The second-order valence-corrected chi connectivity index (χ2v) is 13.6. The fourth-order valence-electron chi connectivity index (χ4n) is 4.83. The van der Waals surface area contributed by atoms with Gasteiger partial charge in [-0.25, -0.2) is 12.8 Å². The smallest absolute Gasteiger partial charge is 0.264 e. The molecule has 7 nitrogen and oxygen atoms in total. The third-order valence-corrected chi connectivity index (χ3v) is 8.88. The Kier molecular flexibility index (Phi) is 10.2. The molecule has 1 N–H and O–H groups in total. The molecule has 0 heterocycles. The van der Waals surface area contributed by atoms with Crippen LogP contribution in [0.3, 0.4) is 0 Å². The van der Waals surface area contributed by atoms with E-state index in [-0.39, 0.29) is 29.5 Å². The predicted molar refractivity (Wildman–Crippen MR) is 171 cm³/mol. The van der Waals surface area contributed by atoms with E-state index in [1.165, 1.54) is 17.0 Å². The summed E-state index contributed by atoms with van der Waals surface area (Å²) in [6.07, 6.45) is 0.219. The highest BCUT2D eigenvalue weighted by Gasteiger charge is 2.35. The SMILES string of the molecule is Cc1ccccc1CN(C(=O)CN(c1ccccc1)S(=O)(=O)c1ccc(F)cc1)C(Cc1ccccc1)C(=O)NC(C)(C)C. The molecule has 9 heteroatoms. The van der Waals surface area contributed by atoms with Crippen LogP contribution in [0.15, 0.2) is 114 Å². The molecule has 4 rings (SSSR count). The average Bonchev–Trinajstić information content (AvgIpc) is 2.98. The zero-order chi connectivity index (χ0) is 31.9. The van der Waals surface area contributed by atoms with Crippen LogP contribution >= 0.6 is 0 Å². The first kappa shape index (κ1) is 32.4. The summed E-state index contributed by atoms with van der Waals surface area (Å²) in [5.74, 6) is -1.49. The molecule has 0 radical (unpaired) electrons. The van der Waals surface area contributed by atoms with Gasteiger partial charge in [-0.3, -0.25) is 13.9 Å². The van der Waals surface area contributed by atoms with Crippen LogP contribution in [0.4, 0.5) is 10.1 Å². The highest BCUT2D eigenvalue weighted by atomic mass is 32.2. The van der Waals surface area contributed by atoms with E-state index in [9.17, 15) is 22.4 Å². The molecule has 0 saturated heterocycles. The first-order valence-corrected chi connectivity index (χ1v) is 15.8. The number of aryl methyl sites for hydroxylation is 1. The summed E-state index contributed by atoms with van der Waals surface area (Å²) < 4.78 is 42.6. The average molecular weight is 616 g/mol. The van der Waals surface area contributed by atoms with Crippen LogP contribution in [0.5, 0.6) is 0 Å². The quantitative estimate of drug-likeness (QED) is 0.228. The minimum Gasteiger partial charge on any atom is -0.350 e. The van der Waals surface area contributed by atoms with Gasteiger partial charge in [-0.1, -0.05) is 72.8 Å². The summed E-state index contributed by atoms with van der Waals surface area (Å²) in [5, 5.41) is 3.02. The Balaban J connectivity index is 1.81. The largest absolute Gasteiger partial charge is 0.350 e. The van der Waals surface area contributed by atoms with Crippen LogP contribution in [0, 0.1) is 12.7 Å². The van der Waals surface area contributed by atoms with Crippen LogP contribution in [0.25, 0.3) is 0 Å². The summed E-state index contributed by atoms with van der Waals surface area (Å²) in [5.41, 5.74) is 2.29. The Morgan fingerprint density at radius 1 is 0.818 bits per heavy atom. The standard InChI is InChI=1S/C35H38FN3O4S/c1-26-13-11-12-16-28(26)24-38(32(34(41)37-35(2,3)4)23-27-14-7-5-8-15-27)33(40)25-39(30-17-9-6-10-18-30)44(42,43)31-21-19-29(36)20-22-31/h5-22,32H,23-25H2,1-4H3,(H,37,41). The molecule has 0 aliphatic rings. The summed E-state index contributed by atoms with van der Waals surface area (Å²) in [6, 6.07) is 28.8. The van der Waals surface area contributed by atoms with Gasteiger partial charge in [-0.05, 0) is 80.8 Å². The van der Waals surface area contributed by atoms with Gasteiger partial charge in [0.2, 0.25) is 11.8 Å². The van der Waals surface area contributed by atoms with Gasteiger partial charge in [0.25, 0.3) is 10.0 Å². The first-order valence-electron chi connectivity index (χ1n) is 14.4. The number of sulfonamides is 1. The van der Waals surface area contributed by atoms with Gasteiger partial charge < -0.3 is 10.2 Å². The van der Waals surface area contributed by atoms with Crippen LogP contribution < -0.4 is 9.62 Å². The summed E-state index contributed by atoms with van der Waals surface area (Å²) in [7, 11) is -4.30. The predicted octanol–water partition coefficient (Wildman–Crippen LogP) is 5.88. The topological polar surface area (TPSA) is 86.8 Å².